The Hall–Kier alpha value is -2.89. The molecule has 144 valence electrons. The molecular formula is C21H25FN2O3. The number of hydrogen-bond donors (Lipinski definition) is 1. The summed E-state index contributed by atoms with van der Waals surface area (Å²) in [6.45, 7) is 5.24. The molecule has 0 fully saturated rings. The number of rotatable bonds is 7. The van der Waals surface area contributed by atoms with E-state index in [-0.39, 0.29) is 19.1 Å². The molecule has 2 aromatic rings. The summed E-state index contributed by atoms with van der Waals surface area (Å²) in [6, 6.07) is 11.1. The Morgan fingerprint density at radius 3 is 2.37 bits per heavy atom. The number of hydrogen-bond acceptors (Lipinski definition) is 3. The minimum atomic E-state index is -0.759. The summed E-state index contributed by atoms with van der Waals surface area (Å²) in [5.41, 5.74) is 2.40. The molecule has 0 heterocycles. The standard InChI is InChI=1S/C21H25FN2O3/c1-14-9-15(2)11-18(10-14)27-13-20(25)24(16(3)21(26)23-4)12-17-7-5-6-8-19(17)22/h5-11,16H,12-13H2,1-4H3,(H,23,26)/t16-/m1/s1. The minimum Gasteiger partial charge on any atom is -0.484 e. The van der Waals surface area contributed by atoms with Crippen LogP contribution in [0.4, 0.5) is 4.39 Å². The molecule has 0 aliphatic carbocycles. The van der Waals surface area contributed by atoms with Gasteiger partial charge < -0.3 is 15.0 Å². The van der Waals surface area contributed by atoms with E-state index in [1.807, 2.05) is 32.0 Å². The lowest BCUT2D eigenvalue weighted by molar-refractivity contribution is -0.142. The highest BCUT2D eigenvalue weighted by atomic mass is 19.1. The molecule has 5 nitrogen and oxygen atoms in total. The first-order valence-electron chi connectivity index (χ1n) is 8.77. The van der Waals surface area contributed by atoms with Crippen molar-refractivity contribution < 1.29 is 18.7 Å². The number of benzene rings is 2. The van der Waals surface area contributed by atoms with Crippen LogP contribution in [0.3, 0.4) is 0 Å². The molecule has 27 heavy (non-hydrogen) atoms. The van der Waals surface area contributed by atoms with Gasteiger partial charge in [-0.05, 0) is 50.1 Å². The van der Waals surface area contributed by atoms with Gasteiger partial charge in [0.05, 0.1) is 0 Å². The molecule has 0 spiro atoms. The quantitative estimate of drug-likeness (QED) is 0.813. The monoisotopic (exact) mass is 372 g/mol. The average Bonchev–Trinajstić information content (AvgIpc) is 2.63. The molecule has 0 unspecified atom stereocenters. The molecule has 1 N–H and O–H groups in total. The van der Waals surface area contributed by atoms with E-state index in [0.29, 0.717) is 11.3 Å². The van der Waals surface area contributed by atoms with Gasteiger partial charge in [0.1, 0.15) is 17.6 Å². The number of aryl methyl sites for hydroxylation is 2. The van der Waals surface area contributed by atoms with Crippen LogP contribution in [0.5, 0.6) is 5.75 Å². The second kappa shape index (κ2) is 9.16. The largest absolute Gasteiger partial charge is 0.484 e. The Morgan fingerprint density at radius 2 is 1.78 bits per heavy atom. The molecule has 2 aromatic carbocycles. The second-order valence-corrected chi connectivity index (χ2v) is 6.52. The number of carbonyl (C=O) groups is 2. The molecule has 0 aliphatic heterocycles. The third kappa shape index (κ3) is 5.54. The number of likely N-dealkylation sites (N-methyl/N-ethyl adjacent to an activating group) is 1. The van der Waals surface area contributed by atoms with Gasteiger partial charge in [-0.3, -0.25) is 9.59 Å². The minimum absolute atomic E-state index is 0.0176. The van der Waals surface area contributed by atoms with E-state index in [9.17, 15) is 14.0 Å². The Morgan fingerprint density at radius 1 is 1.15 bits per heavy atom. The summed E-state index contributed by atoms with van der Waals surface area (Å²) >= 11 is 0. The van der Waals surface area contributed by atoms with E-state index in [2.05, 4.69) is 5.32 Å². The predicted molar refractivity (Wildman–Crippen MR) is 102 cm³/mol. The van der Waals surface area contributed by atoms with Gasteiger partial charge in [-0.2, -0.15) is 0 Å². The first-order chi connectivity index (χ1) is 12.8. The van der Waals surface area contributed by atoms with Crippen LogP contribution in [0.2, 0.25) is 0 Å². The molecule has 2 rings (SSSR count). The summed E-state index contributed by atoms with van der Waals surface area (Å²) in [5.74, 6) is -0.562. The molecule has 2 amide bonds. The number of amides is 2. The van der Waals surface area contributed by atoms with Crippen molar-refractivity contribution in [2.24, 2.45) is 0 Å². The maximum absolute atomic E-state index is 14.0. The zero-order valence-corrected chi connectivity index (χ0v) is 16.1. The molecule has 0 aromatic heterocycles. The van der Waals surface area contributed by atoms with Crippen molar-refractivity contribution in [3.8, 4) is 5.75 Å². The average molecular weight is 372 g/mol. The SMILES string of the molecule is CNC(=O)[C@@H](C)N(Cc1ccccc1F)C(=O)COc1cc(C)cc(C)c1. The topological polar surface area (TPSA) is 58.6 Å². The third-order valence-corrected chi connectivity index (χ3v) is 4.27. The smallest absolute Gasteiger partial charge is 0.261 e. The molecule has 1 atom stereocenters. The van der Waals surface area contributed by atoms with E-state index >= 15 is 0 Å². The number of ether oxygens (including phenoxy) is 1. The summed E-state index contributed by atoms with van der Waals surface area (Å²) in [6.07, 6.45) is 0. The van der Waals surface area contributed by atoms with E-state index in [1.165, 1.54) is 18.0 Å². The lowest BCUT2D eigenvalue weighted by atomic mass is 10.1. The van der Waals surface area contributed by atoms with Crippen molar-refractivity contribution in [1.29, 1.82) is 0 Å². The van der Waals surface area contributed by atoms with Gasteiger partial charge in [-0.15, -0.1) is 0 Å². The van der Waals surface area contributed by atoms with Crippen LogP contribution in [0.15, 0.2) is 42.5 Å². The summed E-state index contributed by atoms with van der Waals surface area (Å²) in [4.78, 5) is 26.1. The number of carbonyl (C=O) groups excluding carboxylic acids is 2. The molecular weight excluding hydrogens is 347 g/mol. The van der Waals surface area contributed by atoms with Crippen LogP contribution in [0, 0.1) is 19.7 Å². The van der Waals surface area contributed by atoms with Crippen molar-refractivity contribution in [2.75, 3.05) is 13.7 Å². The number of nitrogens with zero attached hydrogens (tertiary/aromatic N) is 1. The van der Waals surface area contributed by atoms with E-state index in [1.54, 1.807) is 25.1 Å². The fourth-order valence-electron chi connectivity index (χ4n) is 2.85. The molecule has 0 saturated heterocycles. The lowest BCUT2D eigenvalue weighted by Gasteiger charge is -2.28. The van der Waals surface area contributed by atoms with Crippen LogP contribution in [-0.2, 0) is 16.1 Å². The van der Waals surface area contributed by atoms with Crippen molar-refractivity contribution in [3.05, 3.63) is 65.0 Å². The van der Waals surface area contributed by atoms with Crippen LogP contribution < -0.4 is 10.1 Å². The van der Waals surface area contributed by atoms with E-state index < -0.39 is 17.8 Å². The maximum atomic E-state index is 14.0. The van der Waals surface area contributed by atoms with Crippen molar-refractivity contribution >= 4 is 11.8 Å². The Bertz CT molecular complexity index is 803. The highest BCUT2D eigenvalue weighted by molar-refractivity contribution is 5.87. The van der Waals surface area contributed by atoms with Gasteiger partial charge in [-0.1, -0.05) is 24.3 Å². The highest BCUT2D eigenvalue weighted by Gasteiger charge is 2.26. The van der Waals surface area contributed by atoms with E-state index in [4.69, 9.17) is 4.74 Å². The van der Waals surface area contributed by atoms with Gasteiger partial charge in [0.2, 0.25) is 5.91 Å². The van der Waals surface area contributed by atoms with Crippen molar-refractivity contribution in [2.45, 2.75) is 33.4 Å². The van der Waals surface area contributed by atoms with E-state index in [0.717, 1.165) is 11.1 Å². The van der Waals surface area contributed by atoms with Crippen LogP contribution in [0.25, 0.3) is 0 Å². The molecule has 0 bridgehead atoms. The number of nitrogens with one attached hydrogen (secondary N) is 1. The fraction of sp³-hybridized carbons (Fsp3) is 0.333. The summed E-state index contributed by atoms with van der Waals surface area (Å²) in [7, 11) is 1.50. The molecule has 0 radical (unpaired) electrons. The van der Waals surface area contributed by atoms with Gasteiger partial charge in [0, 0.05) is 19.2 Å². The van der Waals surface area contributed by atoms with Crippen LogP contribution in [0.1, 0.15) is 23.6 Å². The van der Waals surface area contributed by atoms with Crippen LogP contribution in [-0.4, -0.2) is 36.4 Å². The first kappa shape index (κ1) is 20.4. The van der Waals surface area contributed by atoms with Crippen molar-refractivity contribution in [3.63, 3.8) is 0 Å². The Labute approximate surface area is 159 Å². The molecule has 6 heteroatoms. The highest BCUT2D eigenvalue weighted by Crippen LogP contribution is 2.17. The maximum Gasteiger partial charge on any atom is 0.261 e. The van der Waals surface area contributed by atoms with Gasteiger partial charge in [0.25, 0.3) is 5.91 Å². The molecule has 0 saturated carbocycles. The summed E-state index contributed by atoms with van der Waals surface area (Å²) < 4.78 is 19.7. The van der Waals surface area contributed by atoms with Crippen LogP contribution >= 0.6 is 0 Å². The summed E-state index contributed by atoms with van der Waals surface area (Å²) in [5, 5.41) is 2.52. The molecule has 0 aliphatic rings. The third-order valence-electron chi connectivity index (χ3n) is 4.27. The van der Waals surface area contributed by atoms with Gasteiger partial charge in [-0.25, -0.2) is 4.39 Å². The normalized spacial score (nSPS) is 11.6. The zero-order chi connectivity index (χ0) is 20.0. The van der Waals surface area contributed by atoms with Crippen molar-refractivity contribution in [1.82, 2.24) is 10.2 Å². The predicted octanol–water partition coefficient (Wildman–Crippen LogP) is 2.98. The Balaban J connectivity index is 2.17. The second-order valence-electron chi connectivity index (χ2n) is 6.52. The zero-order valence-electron chi connectivity index (χ0n) is 16.1. The van der Waals surface area contributed by atoms with Gasteiger partial charge >= 0.3 is 0 Å². The lowest BCUT2D eigenvalue weighted by Crippen LogP contribution is -2.48. The fourth-order valence-corrected chi connectivity index (χ4v) is 2.85. The Kier molecular flexibility index (Phi) is 6.93. The first-order valence-corrected chi connectivity index (χ1v) is 8.77. The van der Waals surface area contributed by atoms with Gasteiger partial charge in [0.15, 0.2) is 6.61 Å². The number of halogens is 1.